The van der Waals surface area contributed by atoms with Gasteiger partial charge in [-0.1, -0.05) is 20.8 Å². The summed E-state index contributed by atoms with van der Waals surface area (Å²) < 4.78 is 0. The number of carbonyl (C=O) groups excluding carboxylic acids is 2. The smallest absolute Gasteiger partial charge is 0.227 e. The molecular formula is C18H29N5O2. The summed E-state index contributed by atoms with van der Waals surface area (Å²) in [5, 5.41) is 14.1. The van der Waals surface area contributed by atoms with Crippen LogP contribution >= 0.6 is 0 Å². The summed E-state index contributed by atoms with van der Waals surface area (Å²) in [5.41, 5.74) is 0.461. The Morgan fingerprint density at radius 1 is 1.24 bits per heavy atom. The first kappa shape index (κ1) is 19.1. The van der Waals surface area contributed by atoms with Crippen molar-refractivity contribution >= 4 is 17.6 Å². The summed E-state index contributed by atoms with van der Waals surface area (Å²) >= 11 is 0. The first-order valence-corrected chi connectivity index (χ1v) is 8.88. The fourth-order valence-electron chi connectivity index (χ4n) is 2.86. The molecule has 1 atom stereocenters. The number of aromatic nitrogens is 2. The molecule has 138 valence electrons. The number of carbonyl (C=O) groups is 2. The van der Waals surface area contributed by atoms with E-state index in [1.54, 1.807) is 0 Å². The number of nitrogens with one attached hydrogen (secondary N) is 2. The zero-order valence-corrected chi connectivity index (χ0v) is 15.6. The first-order chi connectivity index (χ1) is 11.8. The average molecular weight is 347 g/mol. The second-order valence-corrected chi connectivity index (χ2v) is 7.62. The highest BCUT2D eigenvalue weighted by atomic mass is 16.2. The van der Waals surface area contributed by atoms with Gasteiger partial charge in [-0.3, -0.25) is 9.59 Å². The molecule has 7 heteroatoms. The first-order valence-electron chi connectivity index (χ1n) is 8.88. The zero-order valence-electron chi connectivity index (χ0n) is 15.6. The Balaban J connectivity index is 1.74. The van der Waals surface area contributed by atoms with Gasteiger partial charge in [0.05, 0.1) is 11.6 Å². The van der Waals surface area contributed by atoms with E-state index in [0.29, 0.717) is 25.5 Å². The van der Waals surface area contributed by atoms with E-state index in [1.807, 2.05) is 44.7 Å². The highest BCUT2D eigenvalue weighted by Gasteiger charge is 2.33. The molecule has 0 unspecified atom stereocenters. The molecule has 0 aromatic carbocycles. The molecule has 25 heavy (non-hydrogen) atoms. The highest BCUT2D eigenvalue weighted by Crippen LogP contribution is 2.23. The van der Waals surface area contributed by atoms with E-state index in [4.69, 9.17) is 0 Å². The van der Waals surface area contributed by atoms with Gasteiger partial charge in [0.15, 0.2) is 0 Å². The van der Waals surface area contributed by atoms with Crippen LogP contribution in [0.15, 0.2) is 12.1 Å². The third kappa shape index (κ3) is 5.69. The highest BCUT2D eigenvalue weighted by molar-refractivity contribution is 5.83. The standard InChI is InChI=1S/C18H29N5O2/c1-13-7-8-15(22-21-13)19-9-10-20-16(24)14-6-5-11-23(12-14)17(25)18(2,3)4/h7-8,14H,5-6,9-12H2,1-4H3,(H,19,22)(H,20,24)/t14-/m0/s1. The monoisotopic (exact) mass is 347 g/mol. The maximum atomic E-state index is 12.4. The molecule has 0 bridgehead atoms. The molecule has 1 saturated heterocycles. The van der Waals surface area contributed by atoms with E-state index in [2.05, 4.69) is 20.8 Å². The van der Waals surface area contributed by atoms with Gasteiger partial charge in [-0.2, -0.15) is 5.10 Å². The lowest BCUT2D eigenvalue weighted by Gasteiger charge is -2.35. The molecule has 7 nitrogen and oxygen atoms in total. The molecule has 0 radical (unpaired) electrons. The second-order valence-electron chi connectivity index (χ2n) is 7.62. The number of hydrogen-bond acceptors (Lipinski definition) is 5. The quantitative estimate of drug-likeness (QED) is 0.790. The van der Waals surface area contributed by atoms with Crippen LogP contribution in [-0.2, 0) is 9.59 Å². The van der Waals surface area contributed by atoms with Crippen molar-refractivity contribution in [2.75, 3.05) is 31.5 Å². The number of nitrogens with zero attached hydrogens (tertiary/aromatic N) is 3. The van der Waals surface area contributed by atoms with Crippen molar-refractivity contribution in [1.29, 1.82) is 0 Å². The van der Waals surface area contributed by atoms with E-state index in [-0.39, 0.29) is 17.7 Å². The predicted octanol–water partition coefficient (Wildman–Crippen LogP) is 1.60. The van der Waals surface area contributed by atoms with E-state index >= 15 is 0 Å². The SMILES string of the molecule is Cc1ccc(NCCNC(=O)[C@H]2CCCN(C(=O)C(C)(C)C)C2)nn1. The summed E-state index contributed by atoms with van der Waals surface area (Å²) in [6.07, 6.45) is 1.70. The van der Waals surface area contributed by atoms with Gasteiger partial charge in [0.2, 0.25) is 11.8 Å². The maximum absolute atomic E-state index is 12.4. The fraction of sp³-hybridized carbons (Fsp3) is 0.667. The molecule has 2 N–H and O–H groups in total. The molecule has 0 spiro atoms. The average Bonchev–Trinajstić information content (AvgIpc) is 2.58. The molecule has 1 aliphatic rings. The van der Waals surface area contributed by atoms with Gasteiger partial charge in [0.1, 0.15) is 5.82 Å². The van der Waals surface area contributed by atoms with E-state index in [0.717, 1.165) is 25.1 Å². The van der Waals surface area contributed by atoms with Crippen LogP contribution < -0.4 is 10.6 Å². The minimum absolute atomic E-state index is 0.0169. The van der Waals surface area contributed by atoms with Crippen molar-refractivity contribution in [2.45, 2.75) is 40.5 Å². The van der Waals surface area contributed by atoms with Gasteiger partial charge in [-0.25, -0.2) is 0 Å². The van der Waals surface area contributed by atoms with Gasteiger partial charge in [0, 0.05) is 31.6 Å². The molecule has 1 fully saturated rings. The van der Waals surface area contributed by atoms with Crippen LogP contribution in [0.2, 0.25) is 0 Å². The Labute approximate surface area is 149 Å². The maximum Gasteiger partial charge on any atom is 0.227 e. The predicted molar refractivity (Wildman–Crippen MR) is 97.0 cm³/mol. The minimum Gasteiger partial charge on any atom is -0.367 e. The molecule has 2 rings (SSSR count). The Kier molecular flexibility index (Phi) is 6.33. The van der Waals surface area contributed by atoms with Crippen molar-refractivity contribution in [3.63, 3.8) is 0 Å². The number of aryl methyl sites for hydroxylation is 1. The van der Waals surface area contributed by atoms with Gasteiger partial charge >= 0.3 is 0 Å². The lowest BCUT2D eigenvalue weighted by Crippen LogP contribution is -2.49. The lowest BCUT2D eigenvalue weighted by atomic mass is 9.91. The molecule has 1 aromatic rings. The zero-order chi connectivity index (χ0) is 18.4. The summed E-state index contributed by atoms with van der Waals surface area (Å²) in [6.45, 7) is 9.98. The van der Waals surface area contributed by atoms with Crippen molar-refractivity contribution in [2.24, 2.45) is 11.3 Å². The number of piperidine rings is 1. The van der Waals surface area contributed by atoms with Crippen LogP contribution in [0.3, 0.4) is 0 Å². The third-order valence-corrected chi connectivity index (χ3v) is 4.25. The summed E-state index contributed by atoms with van der Waals surface area (Å²) in [5.74, 6) is 0.700. The Hall–Kier alpha value is -2.18. The molecule has 2 heterocycles. The minimum atomic E-state index is -0.405. The van der Waals surface area contributed by atoms with Crippen LogP contribution in [0.4, 0.5) is 5.82 Å². The molecule has 1 aliphatic heterocycles. The third-order valence-electron chi connectivity index (χ3n) is 4.25. The van der Waals surface area contributed by atoms with Crippen LogP contribution in [0.1, 0.15) is 39.3 Å². The van der Waals surface area contributed by atoms with E-state index in [1.165, 1.54) is 0 Å². The van der Waals surface area contributed by atoms with E-state index < -0.39 is 5.41 Å². The van der Waals surface area contributed by atoms with Crippen molar-refractivity contribution in [3.8, 4) is 0 Å². The molecular weight excluding hydrogens is 318 g/mol. The fourth-order valence-corrected chi connectivity index (χ4v) is 2.86. The van der Waals surface area contributed by atoms with Gasteiger partial charge in [0.25, 0.3) is 0 Å². The Morgan fingerprint density at radius 2 is 2.00 bits per heavy atom. The van der Waals surface area contributed by atoms with Crippen LogP contribution in [0.25, 0.3) is 0 Å². The van der Waals surface area contributed by atoms with Crippen LogP contribution in [0.5, 0.6) is 0 Å². The number of hydrogen-bond donors (Lipinski definition) is 2. The lowest BCUT2D eigenvalue weighted by molar-refractivity contribution is -0.142. The normalized spacial score (nSPS) is 17.9. The van der Waals surface area contributed by atoms with Crippen molar-refractivity contribution < 1.29 is 9.59 Å². The van der Waals surface area contributed by atoms with E-state index in [9.17, 15) is 9.59 Å². The molecule has 0 aliphatic carbocycles. The van der Waals surface area contributed by atoms with Crippen molar-refractivity contribution in [1.82, 2.24) is 20.4 Å². The summed E-state index contributed by atoms with van der Waals surface area (Å²) in [6, 6.07) is 3.75. The second kappa shape index (κ2) is 8.27. The summed E-state index contributed by atoms with van der Waals surface area (Å²) in [4.78, 5) is 26.6. The molecule has 1 aromatic heterocycles. The Morgan fingerprint density at radius 3 is 2.64 bits per heavy atom. The number of amides is 2. The largest absolute Gasteiger partial charge is 0.367 e. The van der Waals surface area contributed by atoms with Crippen molar-refractivity contribution in [3.05, 3.63) is 17.8 Å². The molecule has 0 saturated carbocycles. The summed E-state index contributed by atoms with van der Waals surface area (Å²) in [7, 11) is 0. The van der Waals surface area contributed by atoms with Crippen LogP contribution in [-0.4, -0.2) is 53.1 Å². The molecule has 2 amide bonds. The van der Waals surface area contributed by atoms with Crippen LogP contribution in [0, 0.1) is 18.3 Å². The van der Waals surface area contributed by atoms with Gasteiger partial charge in [-0.05, 0) is 31.9 Å². The topological polar surface area (TPSA) is 87.2 Å². The number of likely N-dealkylation sites (tertiary alicyclic amines) is 1. The van der Waals surface area contributed by atoms with Gasteiger partial charge in [-0.15, -0.1) is 5.10 Å². The number of rotatable bonds is 5. The number of anilines is 1. The Bertz CT molecular complexity index is 594. The van der Waals surface area contributed by atoms with Gasteiger partial charge < -0.3 is 15.5 Å².